The fourth-order valence-electron chi connectivity index (χ4n) is 2.75. The molecular weight excluding hydrogens is 287 g/mol. The van der Waals surface area contributed by atoms with E-state index in [9.17, 15) is 4.39 Å². The summed E-state index contributed by atoms with van der Waals surface area (Å²) in [5, 5.41) is 0. The second kappa shape index (κ2) is 8.37. The molecule has 1 heterocycles. The maximum Gasteiger partial charge on any atom is 0.123 e. The lowest BCUT2D eigenvalue weighted by molar-refractivity contribution is 0.627. The Labute approximate surface area is 137 Å². The Morgan fingerprint density at radius 1 is 1.09 bits per heavy atom. The van der Waals surface area contributed by atoms with Crippen molar-refractivity contribution in [2.45, 2.75) is 33.1 Å². The monoisotopic (exact) mass is 310 g/mol. The number of hydrogen-bond donors (Lipinski definition) is 0. The van der Waals surface area contributed by atoms with Gasteiger partial charge in [0.15, 0.2) is 0 Å². The predicted molar refractivity (Wildman–Crippen MR) is 94.4 cm³/mol. The van der Waals surface area contributed by atoms with Gasteiger partial charge in [-0.2, -0.15) is 0 Å². The normalized spacial score (nSPS) is 13.0. The van der Waals surface area contributed by atoms with Crippen molar-refractivity contribution in [2.24, 2.45) is 4.99 Å². The molecule has 0 unspecified atom stereocenters. The molecular formula is C20H23FN2. The highest BCUT2D eigenvalue weighted by Gasteiger charge is 2.12. The molecule has 0 atom stereocenters. The fourth-order valence-corrected chi connectivity index (χ4v) is 2.75. The smallest absolute Gasteiger partial charge is 0.123 e. The molecule has 2 aromatic rings. The van der Waals surface area contributed by atoms with Gasteiger partial charge in [-0.1, -0.05) is 31.1 Å². The number of benzene rings is 1. The quantitative estimate of drug-likeness (QED) is 0.689. The van der Waals surface area contributed by atoms with Gasteiger partial charge in [-0.3, -0.25) is 9.98 Å². The third-order valence-electron chi connectivity index (χ3n) is 3.86. The van der Waals surface area contributed by atoms with Crippen LogP contribution in [0.2, 0.25) is 0 Å². The van der Waals surface area contributed by atoms with Crippen molar-refractivity contribution in [2.75, 3.05) is 7.05 Å². The molecule has 120 valence electrons. The second-order valence-corrected chi connectivity index (χ2v) is 5.62. The number of aliphatic imine (C=N–C) groups is 1. The van der Waals surface area contributed by atoms with Gasteiger partial charge in [0.1, 0.15) is 5.82 Å². The van der Waals surface area contributed by atoms with Crippen LogP contribution in [-0.4, -0.2) is 17.7 Å². The number of pyridine rings is 1. The number of nitrogens with zero attached hydrogens (tertiary/aromatic N) is 2. The molecule has 0 saturated carbocycles. The number of allylic oxidation sites excluding steroid dienone is 2. The highest BCUT2D eigenvalue weighted by molar-refractivity contribution is 6.12. The molecule has 2 rings (SSSR count). The molecule has 0 aliphatic carbocycles. The van der Waals surface area contributed by atoms with Crippen LogP contribution in [0.3, 0.4) is 0 Å². The molecule has 0 amide bonds. The predicted octanol–water partition coefficient (Wildman–Crippen LogP) is 5.00. The van der Waals surface area contributed by atoms with Gasteiger partial charge in [0.05, 0.1) is 5.71 Å². The zero-order valence-electron chi connectivity index (χ0n) is 14.0. The number of halogens is 1. The van der Waals surface area contributed by atoms with Crippen LogP contribution in [0.1, 0.15) is 37.8 Å². The lowest BCUT2D eigenvalue weighted by Gasteiger charge is -2.15. The van der Waals surface area contributed by atoms with Crippen LogP contribution in [0.4, 0.5) is 4.39 Å². The van der Waals surface area contributed by atoms with E-state index < -0.39 is 0 Å². The SMILES string of the molecule is CCC/C(C(=NC)c1ccncc1)=C(/C)Cc1ccc(F)cc1. The van der Waals surface area contributed by atoms with Gasteiger partial charge in [-0.15, -0.1) is 0 Å². The van der Waals surface area contributed by atoms with Crippen molar-refractivity contribution >= 4 is 5.71 Å². The van der Waals surface area contributed by atoms with Crippen LogP contribution in [-0.2, 0) is 6.42 Å². The van der Waals surface area contributed by atoms with Crippen LogP contribution in [0.15, 0.2) is 64.9 Å². The minimum absolute atomic E-state index is 0.197. The Hall–Kier alpha value is -2.29. The lowest BCUT2D eigenvalue weighted by Crippen LogP contribution is -2.09. The van der Waals surface area contributed by atoms with Gasteiger partial charge in [0.2, 0.25) is 0 Å². The van der Waals surface area contributed by atoms with E-state index in [1.165, 1.54) is 23.3 Å². The summed E-state index contributed by atoms with van der Waals surface area (Å²) >= 11 is 0. The molecule has 0 aliphatic heterocycles. The van der Waals surface area contributed by atoms with Crippen molar-refractivity contribution in [3.05, 3.63) is 76.9 Å². The van der Waals surface area contributed by atoms with Crippen molar-refractivity contribution in [3.63, 3.8) is 0 Å². The largest absolute Gasteiger partial charge is 0.288 e. The topological polar surface area (TPSA) is 25.2 Å². The molecule has 1 aromatic carbocycles. The fraction of sp³-hybridized carbons (Fsp3) is 0.300. The number of hydrogen-bond acceptors (Lipinski definition) is 2. The summed E-state index contributed by atoms with van der Waals surface area (Å²) in [7, 11) is 1.83. The minimum Gasteiger partial charge on any atom is -0.288 e. The molecule has 0 saturated heterocycles. The highest BCUT2D eigenvalue weighted by Crippen LogP contribution is 2.21. The molecule has 0 N–H and O–H groups in total. The highest BCUT2D eigenvalue weighted by atomic mass is 19.1. The van der Waals surface area contributed by atoms with E-state index in [0.29, 0.717) is 0 Å². The number of aromatic nitrogens is 1. The molecule has 1 aromatic heterocycles. The maximum absolute atomic E-state index is 13.1. The van der Waals surface area contributed by atoms with E-state index in [-0.39, 0.29) is 5.82 Å². The molecule has 23 heavy (non-hydrogen) atoms. The van der Waals surface area contributed by atoms with E-state index in [1.54, 1.807) is 12.4 Å². The number of rotatable bonds is 6. The molecule has 3 heteroatoms. The van der Waals surface area contributed by atoms with E-state index in [2.05, 4.69) is 23.8 Å². The molecule has 0 fully saturated rings. The Morgan fingerprint density at radius 2 is 1.74 bits per heavy atom. The second-order valence-electron chi connectivity index (χ2n) is 5.62. The first kappa shape index (κ1) is 17.1. The Morgan fingerprint density at radius 3 is 2.30 bits per heavy atom. The minimum atomic E-state index is -0.197. The summed E-state index contributed by atoms with van der Waals surface area (Å²) in [6.45, 7) is 4.31. The molecule has 2 nitrogen and oxygen atoms in total. The van der Waals surface area contributed by atoms with E-state index >= 15 is 0 Å². The zero-order chi connectivity index (χ0) is 16.7. The first-order valence-corrected chi connectivity index (χ1v) is 7.96. The first-order valence-electron chi connectivity index (χ1n) is 7.96. The first-order chi connectivity index (χ1) is 11.2. The Kier molecular flexibility index (Phi) is 6.21. The van der Waals surface area contributed by atoms with Gasteiger partial charge in [0.25, 0.3) is 0 Å². The molecule has 0 radical (unpaired) electrons. The molecule has 0 aliphatic rings. The Bertz CT molecular complexity index is 685. The van der Waals surface area contributed by atoms with Gasteiger partial charge < -0.3 is 0 Å². The van der Waals surface area contributed by atoms with Crippen LogP contribution in [0, 0.1) is 5.82 Å². The summed E-state index contributed by atoms with van der Waals surface area (Å²) in [4.78, 5) is 8.61. The van der Waals surface area contributed by atoms with E-state index in [1.807, 2.05) is 31.3 Å². The zero-order valence-corrected chi connectivity index (χ0v) is 14.0. The van der Waals surface area contributed by atoms with Gasteiger partial charge in [-0.25, -0.2) is 4.39 Å². The van der Waals surface area contributed by atoms with Crippen LogP contribution < -0.4 is 0 Å². The third kappa shape index (κ3) is 4.59. The van der Waals surface area contributed by atoms with Crippen LogP contribution >= 0.6 is 0 Å². The molecule has 0 bridgehead atoms. The summed E-state index contributed by atoms with van der Waals surface area (Å²) in [5.41, 5.74) is 5.77. The van der Waals surface area contributed by atoms with Crippen LogP contribution in [0.5, 0.6) is 0 Å². The van der Waals surface area contributed by atoms with Crippen molar-refractivity contribution in [1.29, 1.82) is 0 Å². The summed E-state index contributed by atoms with van der Waals surface area (Å²) in [6.07, 6.45) is 6.42. The maximum atomic E-state index is 13.1. The van der Waals surface area contributed by atoms with E-state index in [0.717, 1.165) is 36.1 Å². The standard InChI is InChI=1S/C20H23FN2/c1-4-5-19(20(22-3)17-10-12-23-13-11-17)15(2)14-16-6-8-18(21)9-7-16/h6-13H,4-5,14H2,1-3H3/b19-15+,22-20?. The van der Waals surface area contributed by atoms with Crippen LogP contribution in [0.25, 0.3) is 0 Å². The van der Waals surface area contributed by atoms with Crippen molar-refractivity contribution < 1.29 is 4.39 Å². The average Bonchev–Trinajstić information content (AvgIpc) is 2.58. The van der Waals surface area contributed by atoms with Crippen molar-refractivity contribution in [3.8, 4) is 0 Å². The lowest BCUT2D eigenvalue weighted by atomic mass is 9.92. The Balaban J connectivity index is 2.36. The summed E-state index contributed by atoms with van der Waals surface area (Å²) in [5.74, 6) is -0.197. The summed E-state index contributed by atoms with van der Waals surface area (Å²) in [6, 6.07) is 10.7. The average molecular weight is 310 g/mol. The van der Waals surface area contributed by atoms with Gasteiger partial charge in [-0.05, 0) is 55.2 Å². The van der Waals surface area contributed by atoms with E-state index in [4.69, 9.17) is 0 Å². The van der Waals surface area contributed by atoms with Gasteiger partial charge in [0, 0.05) is 25.0 Å². The molecule has 0 spiro atoms. The third-order valence-corrected chi connectivity index (χ3v) is 3.86. The van der Waals surface area contributed by atoms with Gasteiger partial charge >= 0.3 is 0 Å². The van der Waals surface area contributed by atoms with Crippen molar-refractivity contribution in [1.82, 2.24) is 4.98 Å². The summed E-state index contributed by atoms with van der Waals surface area (Å²) < 4.78 is 13.1.